The number of nitrogens with zero attached hydrogens (tertiary/aromatic N) is 7. The molecule has 0 N–H and O–H groups in total. The van der Waals surface area contributed by atoms with Crippen molar-refractivity contribution in [1.82, 2.24) is 19.9 Å². The third-order valence-corrected chi connectivity index (χ3v) is 11.9. The first-order valence-electron chi connectivity index (χ1n) is 22.8. The molecule has 0 fully saturated rings. The second kappa shape index (κ2) is 19.4. The van der Waals surface area contributed by atoms with Crippen LogP contribution in [0.3, 0.4) is 0 Å². The summed E-state index contributed by atoms with van der Waals surface area (Å²) in [5, 5.41) is 0. The molecule has 0 radical (unpaired) electrons. The van der Waals surface area contributed by atoms with Crippen LogP contribution in [0.4, 0.5) is 51.8 Å². The Labute approximate surface area is 377 Å². The van der Waals surface area contributed by atoms with Crippen LogP contribution in [0, 0.1) is 0 Å². The number of anilines is 9. The van der Waals surface area contributed by atoms with Gasteiger partial charge in [-0.15, -0.1) is 0 Å². The van der Waals surface area contributed by atoms with E-state index in [1.54, 1.807) is 0 Å². The highest BCUT2D eigenvalue weighted by atomic mass is 15.3. The van der Waals surface area contributed by atoms with E-state index in [0.717, 1.165) is 40.2 Å². The van der Waals surface area contributed by atoms with Crippen LogP contribution in [0.15, 0.2) is 140 Å². The lowest BCUT2D eigenvalue weighted by Gasteiger charge is -2.32. The van der Waals surface area contributed by atoms with Gasteiger partial charge in [0.05, 0.1) is 5.69 Å². The third-order valence-electron chi connectivity index (χ3n) is 11.9. The lowest BCUT2D eigenvalue weighted by atomic mass is 10.0. The Balaban J connectivity index is 1.62. The molecule has 7 heteroatoms. The van der Waals surface area contributed by atoms with Gasteiger partial charge in [0.2, 0.25) is 0 Å². The summed E-state index contributed by atoms with van der Waals surface area (Å²) in [5.74, 6) is 5.73. The highest BCUT2D eigenvalue weighted by Gasteiger charge is 2.26. The standard InChI is InChI=1S/C56H65N7/c1-36(2)42-16-13-19-48(28-42)61(52-31-45(39(7)8)22-25-57-52)51-34-55(62(49-20-14-17-43(29-49)37(3)4)53-32-46(40(9)10)23-26-58-53)60-56(35-51)63(50-21-15-18-44(30-50)38(5)6)54-33-47(41(11)12)24-27-59-54/h13-41H,1-12H3. The van der Waals surface area contributed by atoms with Gasteiger partial charge in [-0.05, 0) is 142 Å². The van der Waals surface area contributed by atoms with Crippen LogP contribution in [0.1, 0.15) is 152 Å². The first-order valence-corrected chi connectivity index (χ1v) is 22.8. The number of rotatable bonds is 15. The molecule has 0 bridgehead atoms. The molecular weight excluding hydrogens is 771 g/mol. The molecule has 0 aliphatic rings. The predicted molar refractivity (Wildman–Crippen MR) is 266 cm³/mol. The van der Waals surface area contributed by atoms with Crippen LogP contribution in [-0.2, 0) is 0 Å². The minimum Gasteiger partial charge on any atom is -0.295 e. The van der Waals surface area contributed by atoms with Crippen LogP contribution >= 0.6 is 0 Å². The molecule has 7 nitrogen and oxygen atoms in total. The summed E-state index contributed by atoms with van der Waals surface area (Å²) in [7, 11) is 0. The van der Waals surface area contributed by atoms with Gasteiger partial charge < -0.3 is 0 Å². The minimum absolute atomic E-state index is 0.302. The van der Waals surface area contributed by atoms with E-state index in [0.29, 0.717) is 47.1 Å². The van der Waals surface area contributed by atoms with Gasteiger partial charge >= 0.3 is 0 Å². The van der Waals surface area contributed by atoms with Gasteiger partial charge in [-0.3, -0.25) is 14.7 Å². The largest absolute Gasteiger partial charge is 0.295 e. The van der Waals surface area contributed by atoms with Crippen molar-refractivity contribution in [2.24, 2.45) is 0 Å². The van der Waals surface area contributed by atoms with Crippen molar-refractivity contribution in [3.63, 3.8) is 0 Å². The fraction of sp³-hybridized carbons (Fsp3) is 0.321. The van der Waals surface area contributed by atoms with Crippen molar-refractivity contribution >= 4 is 51.8 Å². The molecule has 0 atom stereocenters. The Morgan fingerprint density at radius 1 is 0.286 bits per heavy atom. The summed E-state index contributed by atoms with van der Waals surface area (Å²) in [4.78, 5) is 27.7. The van der Waals surface area contributed by atoms with Crippen molar-refractivity contribution in [3.05, 3.63) is 173 Å². The quantitative estimate of drug-likeness (QED) is 0.102. The molecule has 0 unspecified atom stereocenters. The first kappa shape index (κ1) is 44.7. The van der Waals surface area contributed by atoms with E-state index < -0.39 is 0 Å². The van der Waals surface area contributed by atoms with Crippen molar-refractivity contribution in [2.45, 2.75) is 119 Å². The zero-order valence-electron chi connectivity index (χ0n) is 39.4. The van der Waals surface area contributed by atoms with Gasteiger partial charge in [0.1, 0.15) is 29.1 Å². The van der Waals surface area contributed by atoms with E-state index in [4.69, 9.17) is 19.9 Å². The van der Waals surface area contributed by atoms with Crippen LogP contribution < -0.4 is 14.7 Å². The van der Waals surface area contributed by atoms with Crippen LogP contribution in [0.5, 0.6) is 0 Å². The summed E-state index contributed by atoms with van der Waals surface area (Å²) in [6.07, 6.45) is 5.78. The Bertz CT molecular complexity index is 2190. The maximum Gasteiger partial charge on any atom is 0.143 e. The second-order valence-corrected chi connectivity index (χ2v) is 18.6. The zero-order chi connectivity index (χ0) is 44.9. The van der Waals surface area contributed by atoms with E-state index >= 15 is 0 Å². The van der Waals surface area contributed by atoms with E-state index in [1.807, 2.05) is 18.6 Å². The predicted octanol–water partition coefficient (Wildman–Crippen LogP) is 16.4. The molecule has 3 aromatic carbocycles. The van der Waals surface area contributed by atoms with Crippen LogP contribution in [0.25, 0.3) is 0 Å². The lowest BCUT2D eigenvalue weighted by Crippen LogP contribution is -2.20. The van der Waals surface area contributed by atoms with E-state index in [1.165, 1.54) is 33.4 Å². The van der Waals surface area contributed by atoms with Crippen molar-refractivity contribution in [1.29, 1.82) is 0 Å². The van der Waals surface area contributed by atoms with Crippen LogP contribution in [0.2, 0.25) is 0 Å². The zero-order valence-corrected chi connectivity index (χ0v) is 39.4. The topological polar surface area (TPSA) is 61.3 Å². The van der Waals surface area contributed by atoms with Crippen molar-refractivity contribution in [3.8, 4) is 0 Å². The Hall–Kier alpha value is -6.34. The molecule has 0 spiro atoms. The Morgan fingerprint density at radius 3 is 0.889 bits per heavy atom. The first-order chi connectivity index (χ1) is 30.2. The number of aromatic nitrogens is 4. The lowest BCUT2D eigenvalue weighted by molar-refractivity contribution is 0.859. The number of benzene rings is 3. The van der Waals surface area contributed by atoms with Crippen LogP contribution in [-0.4, -0.2) is 19.9 Å². The van der Waals surface area contributed by atoms with Gasteiger partial charge in [0.15, 0.2) is 0 Å². The highest BCUT2D eigenvalue weighted by Crippen LogP contribution is 2.45. The summed E-state index contributed by atoms with van der Waals surface area (Å²) in [6.45, 7) is 26.8. The van der Waals surface area contributed by atoms with E-state index in [9.17, 15) is 0 Å². The molecule has 4 aromatic heterocycles. The molecule has 7 rings (SSSR count). The average molecular weight is 836 g/mol. The van der Waals surface area contributed by atoms with Gasteiger partial charge in [-0.1, -0.05) is 119 Å². The van der Waals surface area contributed by atoms with Gasteiger partial charge in [-0.25, -0.2) is 19.9 Å². The van der Waals surface area contributed by atoms with Gasteiger partial charge in [-0.2, -0.15) is 0 Å². The monoisotopic (exact) mass is 836 g/mol. The number of hydrogen-bond acceptors (Lipinski definition) is 7. The van der Waals surface area contributed by atoms with E-state index in [-0.39, 0.29) is 0 Å². The highest BCUT2D eigenvalue weighted by molar-refractivity contribution is 5.85. The number of pyridine rings is 4. The van der Waals surface area contributed by atoms with E-state index in [2.05, 4.69) is 219 Å². The molecule has 0 saturated carbocycles. The average Bonchev–Trinajstić information content (AvgIpc) is 3.27. The molecule has 0 saturated heterocycles. The van der Waals surface area contributed by atoms with Crippen molar-refractivity contribution in [2.75, 3.05) is 14.7 Å². The molecule has 0 aliphatic heterocycles. The molecule has 0 aliphatic carbocycles. The maximum absolute atomic E-state index is 5.72. The summed E-state index contributed by atoms with van der Waals surface area (Å²) in [6, 6.07) is 43.8. The minimum atomic E-state index is 0.302. The normalized spacial score (nSPS) is 11.7. The smallest absolute Gasteiger partial charge is 0.143 e. The summed E-state index contributed by atoms with van der Waals surface area (Å²) < 4.78 is 0. The molecular formula is C56H65N7. The molecule has 0 amide bonds. The Kier molecular flexibility index (Phi) is 13.7. The fourth-order valence-electron chi connectivity index (χ4n) is 7.84. The van der Waals surface area contributed by atoms with Crippen molar-refractivity contribution < 1.29 is 0 Å². The maximum atomic E-state index is 5.72. The van der Waals surface area contributed by atoms with Gasteiger partial charge in [0, 0.05) is 47.8 Å². The summed E-state index contributed by atoms with van der Waals surface area (Å²) >= 11 is 0. The third kappa shape index (κ3) is 10.1. The number of hydrogen-bond donors (Lipinski definition) is 0. The summed E-state index contributed by atoms with van der Waals surface area (Å²) in [5.41, 5.74) is 11.2. The fourth-order valence-corrected chi connectivity index (χ4v) is 7.84. The molecule has 63 heavy (non-hydrogen) atoms. The van der Waals surface area contributed by atoms with Gasteiger partial charge in [0.25, 0.3) is 0 Å². The Morgan fingerprint density at radius 2 is 0.571 bits per heavy atom. The molecule has 4 heterocycles. The SMILES string of the molecule is CC(C)c1cccc(N(c2cc(N(c3cccc(C(C)C)c3)c3cc(C(C)C)ccn3)nc(N(c3cccc(C(C)C)c3)c3cc(C(C)C)ccn3)c2)c2cc(C(C)C)ccn2)c1. The molecule has 324 valence electrons. The second-order valence-electron chi connectivity index (χ2n) is 18.6. The molecule has 7 aromatic rings.